The van der Waals surface area contributed by atoms with Crippen LogP contribution >= 0.6 is 24.2 Å². The Morgan fingerprint density at radius 3 is 2.71 bits per heavy atom. The maximum atomic E-state index is 12.7. The van der Waals surface area contributed by atoms with Crippen LogP contribution in [0.1, 0.15) is 27.0 Å². The highest BCUT2D eigenvalue weighted by Gasteiger charge is 2.16. The number of nitrogens with two attached hydrogens (primary N) is 1. The summed E-state index contributed by atoms with van der Waals surface area (Å²) in [6.45, 7) is 4.51. The highest BCUT2D eigenvalue weighted by atomic mass is 35.5. The Morgan fingerprint density at radius 2 is 2.00 bits per heavy atom. The molecule has 1 aromatic heterocycles. The zero-order valence-electron chi connectivity index (χ0n) is 12.1. The van der Waals surface area contributed by atoms with Gasteiger partial charge in [-0.1, -0.05) is 17.7 Å². The summed E-state index contributed by atoms with van der Waals surface area (Å²) in [5, 5.41) is 0.754. The third-order valence-electron chi connectivity index (χ3n) is 3.01. The van der Waals surface area contributed by atoms with Gasteiger partial charge in [-0.3, -0.25) is 4.79 Å². The minimum Gasteiger partial charge on any atom is -0.330 e. The predicted molar refractivity (Wildman–Crippen MR) is 90.6 cm³/mol. The van der Waals surface area contributed by atoms with Crippen molar-refractivity contribution in [2.45, 2.75) is 18.9 Å². The van der Waals surface area contributed by atoms with Gasteiger partial charge in [-0.05, 0) is 37.6 Å². The van der Waals surface area contributed by atoms with Crippen molar-refractivity contribution in [2.75, 3.05) is 12.3 Å². The summed E-state index contributed by atoms with van der Waals surface area (Å²) in [6.07, 6.45) is 1.71. The molecule has 0 saturated heterocycles. The molecule has 0 saturated carbocycles. The van der Waals surface area contributed by atoms with Gasteiger partial charge < -0.3 is 5.73 Å². The van der Waals surface area contributed by atoms with E-state index >= 15 is 0 Å². The van der Waals surface area contributed by atoms with E-state index in [2.05, 4.69) is 4.98 Å². The maximum absolute atomic E-state index is 12.7. The molecule has 0 aliphatic heterocycles. The number of aromatic nitrogens is 1. The molecule has 0 aliphatic rings. The monoisotopic (exact) mass is 322 g/mol. The van der Waals surface area contributed by atoms with Crippen LogP contribution in [0, 0.1) is 13.8 Å². The van der Waals surface area contributed by atoms with E-state index in [9.17, 15) is 4.79 Å². The van der Waals surface area contributed by atoms with E-state index in [4.69, 9.17) is 5.73 Å². The molecule has 5 heteroatoms. The molecule has 0 radical (unpaired) electrons. The van der Waals surface area contributed by atoms with E-state index in [1.54, 1.807) is 12.3 Å². The molecule has 0 aliphatic carbocycles. The first-order valence-corrected chi connectivity index (χ1v) is 7.52. The largest absolute Gasteiger partial charge is 0.330 e. The van der Waals surface area contributed by atoms with Crippen molar-refractivity contribution < 1.29 is 4.79 Å². The van der Waals surface area contributed by atoms with Crippen LogP contribution in [-0.2, 0) is 0 Å². The predicted octanol–water partition coefficient (Wildman–Crippen LogP) is 3.40. The molecule has 1 heterocycles. The van der Waals surface area contributed by atoms with Crippen LogP contribution in [0.15, 0.2) is 41.6 Å². The lowest BCUT2D eigenvalue weighted by molar-refractivity contribution is 0.103. The van der Waals surface area contributed by atoms with Gasteiger partial charge in [0.25, 0.3) is 0 Å². The van der Waals surface area contributed by atoms with Crippen molar-refractivity contribution in [3.8, 4) is 0 Å². The van der Waals surface area contributed by atoms with Crippen LogP contribution in [0.5, 0.6) is 0 Å². The second-order valence-electron chi connectivity index (χ2n) is 4.64. The normalized spacial score (nSPS) is 10.0. The maximum Gasteiger partial charge on any atom is 0.196 e. The van der Waals surface area contributed by atoms with E-state index in [0.29, 0.717) is 12.1 Å². The summed E-state index contributed by atoms with van der Waals surface area (Å²) in [5.41, 5.74) is 8.99. The molecule has 0 amide bonds. The summed E-state index contributed by atoms with van der Waals surface area (Å²) < 4.78 is 0. The van der Waals surface area contributed by atoms with Crippen LogP contribution < -0.4 is 5.73 Å². The molecule has 2 N–H and O–H groups in total. The Labute approximate surface area is 135 Å². The summed E-state index contributed by atoms with van der Waals surface area (Å²) in [7, 11) is 0. The van der Waals surface area contributed by atoms with Gasteiger partial charge in [-0.2, -0.15) is 0 Å². The molecule has 0 atom stereocenters. The van der Waals surface area contributed by atoms with E-state index in [-0.39, 0.29) is 18.2 Å². The van der Waals surface area contributed by atoms with Crippen LogP contribution in [0.3, 0.4) is 0 Å². The van der Waals surface area contributed by atoms with Crippen LogP contribution in [-0.4, -0.2) is 23.1 Å². The molecule has 0 fully saturated rings. The quantitative estimate of drug-likeness (QED) is 0.677. The molecular formula is C16H19ClN2OS. The SMILES string of the molecule is Cc1ccc(C)c(C(=O)c2cccnc2SCCN)c1.Cl. The molecule has 0 bridgehead atoms. The van der Waals surface area contributed by atoms with Gasteiger partial charge in [0, 0.05) is 24.1 Å². The molecule has 2 rings (SSSR count). The molecule has 0 spiro atoms. The number of hydrogen-bond acceptors (Lipinski definition) is 4. The summed E-state index contributed by atoms with van der Waals surface area (Å²) >= 11 is 1.52. The number of carbonyl (C=O) groups is 1. The topological polar surface area (TPSA) is 56.0 Å². The minimum atomic E-state index is 0. The Hall–Kier alpha value is -1.36. The van der Waals surface area contributed by atoms with Gasteiger partial charge in [0.2, 0.25) is 0 Å². The van der Waals surface area contributed by atoms with Crippen molar-refractivity contribution in [3.05, 3.63) is 58.8 Å². The van der Waals surface area contributed by atoms with E-state index in [1.165, 1.54) is 11.8 Å². The highest BCUT2D eigenvalue weighted by Crippen LogP contribution is 2.23. The fourth-order valence-electron chi connectivity index (χ4n) is 1.96. The summed E-state index contributed by atoms with van der Waals surface area (Å²) in [5.74, 6) is 0.781. The van der Waals surface area contributed by atoms with Gasteiger partial charge >= 0.3 is 0 Å². The van der Waals surface area contributed by atoms with Gasteiger partial charge in [-0.25, -0.2) is 4.98 Å². The Morgan fingerprint density at radius 1 is 1.24 bits per heavy atom. The number of ketones is 1. The molecule has 21 heavy (non-hydrogen) atoms. The van der Waals surface area contributed by atoms with Gasteiger partial charge in [0.1, 0.15) is 5.03 Å². The second-order valence-corrected chi connectivity index (χ2v) is 5.72. The fraction of sp³-hybridized carbons (Fsp3) is 0.250. The van der Waals surface area contributed by atoms with E-state index < -0.39 is 0 Å². The second kappa shape index (κ2) is 8.17. The smallest absolute Gasteiger partial charge is 0.196 e. The number of nitrogens with zero attached hydrogens (tertiary/aromatic N) is 1. The van der Waals surface area contributed by atoms with Crippen molar-refractivity contribution in [3.63, 3.8) is 0 Å². The zero-order chi connectivity index (χ0) is 14.5. The number of halogens is 1. The van der Waals surface area contributed by atoms with Gasteiger partial charge in [0.05, 0.1) is 5.56 Å². The van der Waals surface area contributed by atoms with Crippen molar-refractivity contribution >= 4 is 30.0 Å². The highest BCUT2D eigenvalue weighted by molar-refractivity contribution is 7.99. The number of rotatable bonds is 5. The van der Waals surface area contributed by atoms with Gasteiger partial charge in [-0.15, -0.1) is 24.2 Å². The van der Waals surface area contributed by atoms with Gasteiger partial charge in [0.15, 0.2) is 5.78 Å². The number of carbonyl (C=O) groups excluding carboxylic acids is 1. The number of pyridine rings is 1. The lowest BCUT2D eigenvalue weighted by Gasteiger charge is -2.09. The average molecular weight is 323 g/mol. The van der Waals surface area contributed by atoms with Crippen molar-refractivity contribution in [1.29, 1.82) is 0 Å². The third-order valence-corrected chi connectivity index (χ3v) is 4.05. The summed E-state index contributed by atoms with van der Waals surface area (Å²) in [6, 6.07) is 9.55. The first-order valence-electron chi connectivity index (χ1n) is 6.53. The molecule has 0 unspecified atom stereocenters. The van der Waals surface area contributed by atoms with E-state index in [1.807, 2.05) is 38.1 Å². The van der Waals surface area contributed by atoms with E-state index in [0.717, 1.165) is 27.5 Å². The molecule has 1 aromatic carbocycles. The van der Waals surface area contributed by atoms with Crippen LogP contribution in [0.25, 0.3) is 0 Å². The van der Waals surface area contributed by atoms with Crippen LogP contribution in [0.2, 0.25) is 0 Å². The average Bonchev–Trinajstić information content (AvgIpc) is 2.47. The Kier molecular flexibility index (Phi) is 6.89. The fourth-order valence-corrected chi connectivity index (χ4v) is 2.72. The molecule has 112 valence electrons. The Bertz CT molecular complexity index is 631. The van der Waals surface area contributed by atoms with Crippen molar-refractivity contribution in [1.82, 2.24) is 4.98 Å². The van der Waals surface area contributed by atoms with Crippen LogP contribution in [0.4, 0.5) is 0 Å². The molecular weight excluding hydrogens is 304 g/mol. The lowest BCUT2D eigenvalue weighted by Crippen LogP contribution is -2.08. The minimum absolute atomic E-state index is 0. The summed E-state index contributed by atoms with van der Waals surface area (Å²) in [4.78, 5) is 17.0. The molecule has 2 aromatic rings. The first kappa shape index (κ1) is 17.7. The zero-order valence-corrected chi connectivity index (χ0v) is 13.8. The number of benzene rings is 1. The number of hydrogen-bond donors (Lipinski definition) is 1. The first-order chi connectivity index (χ1) is 9.63. The lowest BCUT2D eigenvalue weighted by atomic mass is 9.98. The Balaban J connectivity index is 0.00000220. The standard InChI is InChI=1S/C16H18N2OS.ClH/c1-11-5-6-12(2)14(10-11)15(19)13-4-3-8-18-16(13)20-9-7-17;/h3-6,8,10H,7,9,17H2,1-2H3;1H. The molecule has 3 nitrogen and oxygen atoms in total. The number of aryl methyl sites for hydroxylation is 2. The number of thioether (sulfide) groups is 1. The third kappa shape index (κ3) is 4.30. The van der Waals surface area contributed by atoms with Crippen molar-refractivity contribution in [2.24, 2.45) is 5.73 Å².